The van der Waals surface area contributed by atoms with Crippen LogP contribution in [0.15, 0.2) is 35.5 Å². The van der Waals surface area contributed by atoms with E-state index in [9.17, 15) is 14.7 Å². The Kier molecular flexibility index (Phi) is 6.37. The molecule has 3 aliphatic rings. The van der Waals surface area contributed by atoms with Gasteiger partial charge in [0, 0.05) is 24.0 Å². The first kappa shape index (κ1) is 21.8. The molecular formula is C24H35NO4. The monoisotopic (exact) mass is 401 g/mol. The van der Waals surface area contributed by atoms with Crippen LogP contribution in [0, 0.1) is 23.7 Å². The number of hydrogen-bond donors (Lipinski definition) is 2. The highest BCUT2D eigenvalue weighted by Gasteiger charge is 2.64. The molecule has 29 heavy (non-hydrogen) atoms. The molecule has 3 rings (SSSR count). The molecule has 1 spiro atoms. The quantitative estimate of drug-likeness (QED) is 0.547. The largest absolute Gasteiger partial charge is 0.444 e. The lowest BCUT2D eigenvalue weighted by Gasteiger charge is -2.45. The van der Waals surface area contributed by atoms with E-state index in [4.69, 9.17) is 4.74 Å². The Balaban J connectivity index is 2.12. The van der Waals surface area contributed by atoms with Gasteiger partial charge in [0.15, 0.2) is 0 Å². The summed E-state index contributed by atoms with van der Waals surface area (Å²) in [5, 5.41) is 13.3. The van der Waals surface area contributed by atoms with Crippen LogP contribution >= 0.6 is 0 Å². The molecule has 1 aliphatic carbocycles. The topological polar surface area (TPSA) is 75.6 Å². The van der Waals surface area contributed by atoms with Crippen LogP contribution in [-0.4, -0.2) is 34.7 Å². The molecule has 6 unspecified atom stereocenters. The highest BCUT2D eigenvalue weighted by molar-refractivity contribution is 5.94. The maximum absolute atomic E-state index is 13.4. The van der Waals surface area contributed by atoms with Crippen molar-refractivity contribution in [3.05, 3.63) is 35.5 Å². The molecule has 5 heteroatoms. The molecule has 160 valence electrons. The fraction of sp³-hybridized carbons (Fsp3) is 0.667. The van der Waals surface area contributed by atoms with Crippen LogP contribution in [0.3, 0.4) is 0 Å². The lowest BCUT2D eigenvalue weighted by molar-refractivity contribution is -0.172. The molecular weight excluding hydrogens is 366 g/mol. The van der Waals surface area contributed by atoms with E-state index in [1.54, 1.807) is 6.08 Å². The van der Waals surface area contributed by atoms with Gasteiger partial charge in [-0.1, -0.05) is 50.1 Å². The molecule has 0 aromatic heterocycles. The van der Waals surface area contributed by atoms with Crippen molar-refractivity contribution >= 4 is 11.9 Å². The molecule has 0 aromatic rings. The normalized spacial score (nSPS) is 41.0. The third kappa shape index (κ3) is 4.20. The molecule has 1 saturated heterocycles. The van der Waals surface area contributed by atoms with Crippen molar-refractivity contribution in [2.24, 2.45) is 23.7 Å². The summed E-state index contributed by atoms with van der Waals surface area (Å²) in [7, 11) is 0. The summed E-state index contributed by atoms with van der Waals surface area (Å²) < 4.78 is 6.06. The zero-order chi connectivity index (χ0) is 21.3. The minimum absolute atomic E-state index is 0.0242. The van der Waals surface area contributed by atoms with Crippen molar-refractivity contribution in [1.29, 1.82) is 0 Å². The third-order valence-corrected chi connectivity index (χ3v) is 6.79. The summed E-state index contributed by atoms with van der Waals surface area (Å²) in [5.41, 5.74) is 1.11. The maximum atomic E-state index is 13.4. The summed E-state index contributed by atoms with van der Waals surface area (Å²) in [4.78, 5) is 26.1. The summed E-state index contributed by atoms with van der Waals surface area (Å²) in [6, 6.07) is -0.0242. The van der Waals surface area contributed by atoms with Gasteiger partial charge in [-0.3, -0.25) is 4.79 Å². The van der Waals surface area contributed by atoms with Crippen molar-refractivity contribution in [1.82, 2.24) is 5.32 Å². The smallest absolute Gasteiger partial charge is 0.331 e. The van der Waals surface area contributed by atoms with Gasteiger partial charge >= 0.3 is 5.97 Å². The zero-order valence-corrected chi connectivity index (χ0v) is 18.3. The second-order valence-corrected chi connectivity index (χ2v) is 9.52. The Morgan fingerprint density at radius 3 is 2.69 bits per heavy atom. The predicted octanol–water partition coefficient (Wildman–Crippen LogP) is 3.69. The molecule has 2 aliphatic heterocycles. The van der Waals surface area contributed by atoms with Crippen LogP contribution in [0.25, 0.3) is 0 Å². The SMILES string of the molecule is CC1=CC2/C=C(\C)CCC(O)C/C=C\C(=O)OC23C(=O)NC(CC(C)C)C3C1C. The average molecular weight is 402 g/mol. The summed E-state index contributed by atoms with van der Waals surface area (Å²) in [5.74, 6) is -0.560. The second kappa shape index (κ2) is 8.47. The van der Waals surface area contributed by atoms with Gasteiger partial charge in [0.1, 0.15) is 0 Å². The van der Waals surface area contributed by atoms with E-state index >= 15 is 0 Å². The van der Waals surface area contributed by atoms with Crippen LogP contribution in [0.1, 0.15) is 60.3 Å². The number of ether oxygens (including phenoxy) is 1. The predicted molar refractivity (Wildman–Crippen MR) is 113 cm³/mol. The third-order valence-electron chi connectivity index (χ3n) is 6.79. The highest BCUT2D eigenvalue weighted by Crippen LogP contribution is 2.50. The summed E-state index contributed by atoms with van der Waals surface area (Å²) in [6.07, 6.45) is 9.34. The van der Waals surface area contributed by atoms with E-state index in [0.29, 0.717) is 18.8 Å². The molecule has 2 N–H and O–H groups in total. The zero-order valence-electron chi connectivity index (χ0n) is 18.3. The number of rotatable bonds is 2. The van der Waals surface area contributed by atoms with E-state index in [2.05, 4.69) is 45.2 Å². The van der Waals surface area contributed by atoms with Gasteiger partial charge in [-0.05, 0) is 51.4 Å². The van der Waals surface area contributed by atoms with Crippen molar-refractivity contribution in [2.45, 2.75) is 78.0 Å². The van der Waals surface area contributed by atoms with E-state index in [0.717, 1.165) is 18.4 Å². The van der Waals surface area contributed by atoms with Crippen molar-refractivity contribution < 1.29 is 19.4 Å². The fourth-order valence-corrected chi connectivity index (χ4v) is 5.25. The van der Waals surface area contributed by atoms with Gasteiger partial charge in [0.2, 0.25) is 5.60 Å². The molecule has 2 heterocycles. The molecule has 6 atom stereocenters. The number of carbonyl (C=O) groups excluding carboxylic acids is 2. The molecule has 5 nitrogen and oxygen atoms in total. The van der Waals surface area contributed by atoms with Crippen LogP contribution in [-0.2, 0) is 14.3 Å². The Morgan fingerprint density at radius 1 is 1.28 bits per heavy atom. The lowest BCUT2D eigenvalue weighted by atomic mass is 9.63. The Bertz CT molecular complexity index is 750. The highest BCUT2D eigenvalue weighted by atomic mass is 16.6. The molecule has 1 amide bonds. The Hall–Kier alpha value is -1.88. The summed E-state index contributed by atoms with van der Waals surface area (Å²) >= 11 is 0. The van der Waals surface area contributed by atoms with Crippen molar-refractivity contribution in [3.8, 4) is 0 Å². The molecule has 1 fully saturated rings. The first-order valence-electron chi connectivity index (χ1n) is 10.9. The maximum Gasteiger partial charge on any atom is 0.331 e. The van der Waals surface area contributed by atoms with Crippen molar-refractivity contribution in [2.75, 3.05) is 0 Å². The number of allylic oxidation sites excluding steroid dienone is 2. The number of carbonyl (C=O) groups is 2. The van der Waals surface area contributed by atoms with Crippen LogP contribution in [0.5, 0.6) is 0 Å². The fourth-order valence-electron chi connectivity index (χ4n) is 5.25. The van der Waals surface area contributed by atoms with Gasteiger partial charge in [-0.2, -0.15) is 0 Å². The first-order chi connectivity index (χ1) is 13.6. The number of aliphatic hydroxyl groups excluding tert-OH is 1. The van der Waals surface area contributed by atoms with E-state index in [-0.39, 0.29) is 29.7 Å². The van der Waals surface area contributed by atoms with Gasteiger partial charge in [-0.25, -0.2) is 4.79 Å². The standard InChI is InChI=1S/C24H35NO4/c1-14(2)11-20-22-17(5)16(4)13-18-12-15(3)9-10-19(26)7-6-8-21(27)29-24(18,22)23(28)25-20/h6,8,12-14,17-20,22,26H,7,9-11H2,1-5H3,(H,25,28)/b8-6-,15-12+. The van der Waals surface area contributed by atoms with Crippen LogP contribution in [0.2, 0.25) is 0 Å². The van der Waals surface area contributed by atoms with Gasteiger partial charge in [0.05, 0.1) is 6.10 Å². The summed E-state index contributed by atoms with van der Waals surface area (Å²) in [6.45, 7) is 10.6. The molecule has 0 aromatic carbocycles. The van der Waals surface area contributed by atoms with Crippen LogP contribution < -0.4 is 5.32 Å². The number of hydrogen-bond acceptors (Lipinski definition) is 4. The van der Waals surface area contributed by atoms with E-state index in [1.165, 1.54) is 11.6 Å². The lowest BCUT2D eigenvalue weighted by Crippen LogP contribution is -2.56. The number of esters is 1. The first-order valence-corrected chi connectivity index (χ1v) is 10.9. The second-order valence-electron chi connectivity index (χ2n) is 9.52. The van der Waals surface area contributed by atoms with Gasteiger partial charge < -0.3 is 15.2 Å². The van der Waals surface area contributed by atoms with Gasteiger partial charge in [0.25, 0.3) is 5.91 Å². The van der Waals surface area contributed by atoms with Crippen LogP contribution in [0.4, 0.5) is 0 Å². The molecule has 0 bridgehead atoms. The van der Waals surface area contributed by atoms with E-state index in [1.807, 2.05) is 6.92 Å². The number of amides is 1. The average Bonchev–Trinajstić information content (AvgIpc) is 2.89. The molecule has 0 saturated carbocycles. The minimum atomic E-state index is -1.22. The Morgan fingerprint density at radius 2 is 2.00 bits per heavy atom. The number of nitrogens with one attached hydrogen (secondary N) is 1. The molecule has 0 radical (unpaired) electrons. The number of aliphatic hydroxyl groups is 1. The van der Waals surface area contributed by atoms with Crippen molar-refractivity contribution in [3.63, 3.8) is 0 Å². The minimum Gasteiger partial charge on any atom is -0.444 e. The van der Waals surface area contributed by atoms with Gasteiger partial charge in [-0.15, -0.1) is 0 Å². The van der Waals surface area contributed by atoms with E-state index < -0.39 is 17.7 Å². The Labute approximate surface area is 174 Å².